The minimum atomic E-state index is -2.98. The Kier molecular flexibility index (Phi) is 4.56. The first-order valence-electron chi connectivity index (χ1n) is 6.92. The SMILES string of the molecule is COc1cc(CC(=O)N(C)[C@H]2CCS(=O)(=O)C2)ccc1C. The number of likely N-dealkylation sites (N-methyl/N-ethyl adjacent to an activating group) is 1. The molecule has 0 aliphatic carbocycles. The molecule has 21 heavy (non-hydrogen) atoms. The maximum Gasteiger partial charge on any atom is 0.227 e. The normalized spacial score (nSPS) is 20.2. The molecule has 5 nitrogen and oxygen atoms in total. The smallest absolute Gasteiger partial charge is 0.227 e. The highest BCUT2D eigenvalue weighted by Gasteiger charge is 2.32. The van der Waals surface area contributed by atoms with E-state index >= 15 is 0 Å². The number of sulfone groups is 1. The van der Waals surface area contributed by atoms with Crippen molar-refractivity contribution in [3.8, 4) is 5.75 Å². The molecule has 1 fully saturated rings. The van der Waals surface area contributed by atoms with Crippen molar-refractivity contribution in [3.05, 3.63) is 29.3 Å². The third-order valence-electron chi connectivity index (χ3n) is 3.98. The summed E-state index contributed by atoms with van der Waals surface area (Å²) in [6.45, 7) is 1.94. The molecule has 1 aromatic rings. The van der Waals surface area contributed by atoms with Crippen LogP contribution in [0.4, 0.5) is 0 Å². The second-order valence-electron chi connectivity index (χ2n) is 5.54. The standard InChI is InChI=1S/C15H21NO4S/c1-11-4-5-12(8-14(11)20-3)9-15(17)16(2)13-6-7-21(18,19)10-13/h4-5,8,13H,6-7,9-10H2,1-3H3/t13-/m0/s1. The number of ether oxygens (including phenoxy) is 1. The van der Waals surface area contributed by atoms with Gasteiger partial charge in [0, 0.05) is 13.1 Å². The van der Waals surface area contributed by atoms with Crippen molar-refractivity contribution >= 4 is 15.7 Å². The van der Waals surface area contributed by atoms with E-state index in [1.165, 1.54) is 0 Å². The molecule has 1 atom stereocenters. The molecule has 1 aromatic carbocycles. The van der Waals surface area contributed by atoms with Crippen molar-refractivity contribution < 1.29 is 17.9 Å². The number of carbonyl (C=O) groups excluding carboxylic acids is 1. The van der Waals surface area contributed by atoms with E-state index in [-0.39, 0.29) is 29.9 Å². The van der Waals surface area contributed by atoms with Gasteiger partial charge in [0.2, 0.25) is 5.91 Å². The van der Waals surface area contributed by atoms with E-state index in [4.69, 9.17) is 4.74 Å². The van der Waals surface area contributed by atoms with E-state index < -0.39 is 9.84 Å². The van der Waals surface area contributed by atoms with Crippen molar-refractivity contribution in [3.63, 3.8) is 0 Å². The molecule has 1 heterocycles. The molecule has 0 aromatic heterocycles. The predicted octanol–water partition coefficient (Wildman–Crippen LogP) is 1.19. The van der Waals surface area contributed by atoms with Crippen molar-refractivity contribution in [1.29, 1.82) is 0 Å². The summed E-state index contributed by atoms with van der Waals surface area (Å²) in [5.41, 5.74) is 1.89. The second kappa shape index (κ2) is 6.05. The zero-order chi connectivity index (χ0) is 15.6. The highest BCUT2D eigenvalue weighted by atomic mass is 32.2. The molecule has 1 saturated heterocycles. The Morgan fingerprint density at radius 1 is 1.43 bits per heavy atom. The van der Waals surface area contributed by atoms with Crippen LogP contribution >= 0.6 is 0 Å². The summed E-state index contributed by atoms with van der Waals surface area (Å²) in [6, 6.07) is 5.47. The zero-order valence-electron chi connectivity index (χ0n) is 12.6. The van der Waals surface area contributed by atoms with Crippen LogP contribution in [0.2, 0.25) is 0 Å². The lowest BCUT2D eigenvalue weighted by Gasteiger charge is -2.23. The topological polar surface area (TPSA) is 63.7 Å². The fourth-order valence-corrected chi connectivity index (χ4v) is 4.33. The van der Waals surface area contributed by atoms with E-state index in [9.17, 15) is 13.2 Å². The molecule has 0 N–H and O–H groups in total. The first kappa shape index (κ1) is 15.8. The van der Waals surface area contributed by atoms with Gasteiger partial charge in [-0.25, -0.2) is 8.42 Å². The van der Waals surface area contributed by atoms with Crippen LogP contribution in [0.3, 0.4) is 0 Å². The molecule has 1 aliphatic rings. The van der Waals surface area contributed by atoms with Gasteiger partial charge < -0.3 is 9.64 Å². The predicted molar refractivity (Wildman–Crippen MR) is 81.3 cm³/mol. The summed E-state index contributed by atoms with van der Waals surface area (Å²) in [7, 11) is 0.303. The summed E-state index contributed by atoms with van der Waals surface area (Å²) in [4.78, 5) is 13.9. The van der Waals surface area contributed by atoms with Crippen LogP contribution in [0.25, 0.3) is 0 Å². The molecule has 0 bridgehead atoms. The van der Waals surface area contributed by atoms with Crippen molar-refractivity contribution in [2.24, 2.45) is 0 Å². The molecular formula is C15H21NO4S. The number of nitrogens with zero attached hydrogens (tertiary/aromatic N) is 1. The lowest BCUT2D eigenvalue weighted by atomic mass is 10.1. The van der Waals surface area contributed by atoms with Gasteiger partial charge in [-0.05, 0) is 30.5 Å². The van der Waals surface area contributed by atoms with E-state index in [0.717, 1.165) is 16.9 Å². The molecule has 6 heteroatoms. The molecule has 1 aliphatic heterocycles. The van der Waals surface area contributed by atoms with E-state index in [0.29, 0.717) is 6.42 Å². The number of carbonyl (C=O) groups is 1. The molecule has 2 rings (SSSR count). The van der Waals surface area contributed by atoms with Gasteiger partial charge >= 0.3 is 0 Å². The van der Waals surface area contributed by atoms with Crippen molar-refractivity contribution in [1.82, 2.24) is 4.90 Å². The molecular weight excluding hydrogens is 290 g/mol. The molecule has 0 saturated carbocycles. The van der Waals surface area contributed by atoms with Crippen LogP contribution in [-0.2, 0) is 21.1 Å². The van der Waals surface area contributed by atoms with Crippen molar-refractivity contribution in [2.45, 2.75) is 25.8 Å². The second-order valence-corrected chi connectivity index (χ2v) is 7.77. The van der Waals surface area contributed by atoms with Crippen LogP contribution in [0, 0.1) is 6.92 Å². The Balaban J connectivity index is 2.04. The number of hydrogen-bond donors (Lipinski definition) is 0. The third-order valence-corrected chi connectivity index (χ3v) is 5.73. The Morgan fingerprint density at radius 3 is 2.71 bits per heavy atom. The van der Waals surface area contributed by atoms with Crippen LogP contribution in [0.1, 0.15) is 17.5 Å². The molecule has 0 unspecified atom stereocenters. The summed E-state index contributed by atoms with van der Waals surface area (Å²) < 4.78 is 28.2. The number of amides is 1. The Hall–Kier alpha value is -1.56. The van der Waals surface area contributed by atoms with Gasteiger partial charge in [-0.15, -0.1) is 0 Å². The lowest BCUT2D eigenvalue weighted by Crippen LogP contribution is -2.38. The first-order valence-corrected chi connectivity index (χ1v) is 8.74. The fraction of sp³-hybridized carbons (Fsp3) is 0.533. The monoisotopic (exact) mass is 311 g/mol. The van der Waals surface area contributed by atoms with Crippen LogP contribution in [0.15, 0.2) is 18.2 Å². The fourth-order valence-electron chi connectivity index (χ4n) is 2.56. The summed E-state index contributed by atoms with van der Waals surface area (Å²) >= 11 is 0. The van der Waals surface area contributed by atoms with Gasteiger partial charge in [0.1, 0.15) is 5.75 Å². The molecule has 1 amide bonds. The largest absolute Gasteiger partial charge is 0.496 e. The van der Waals surface area contributed by atoms with Gasteiger partial charge in [0.05, 0.1) is 25.0 Å². The van der Waals surface area contributed by atoms with Gasteiger partial charge in [-0.3, -0.25) is 4.79 Å². The maximum atomic E-state index is 12.3. The number of rotatable bonds is 4. The quantitative estimate of drug-likeness (QED) is 0.838. The number of hydrogen-bond acceptors (Lipinski definition) is 4. The average molecular weight is 311 g/mol. The van der Waals surface area contributed by atoms with Crippen molar-refractivity contribution in [2.75, 3.05) is 25.7 Å². The van der Waals surface area contributed by atoms with E-state index in [1.807, 2.05) is 25.1 Å². The minimum absolute atomic E-state index is 0.0667. The molecule has 116 valence electrons. The summed E-state index contributed by atoms with van der Waals surface area (Å²) in [5, 5.41) is 0. The van der Waals surface area contributed by atoms with Gasteiger partial charge in [0.25, 0.3) is 0 Å². The zero-order valence-corrected chi connectivity index (χ0v) is 13.4. The number of aryl methyl sites for hydroxylation is 1. The highest BCUT2D eigenvalue weighted by Crippen LogP contribution is 2.21. The first-order chi connectivity index (χ1) is 9.82. The van der Waals surface area contributed by atoms with Crippen LogP contribution < -0.4 is 4.74 Å². The number of benzene rings is 1. The summed E-state index contributed by atoms with van der Waals surface area (Å²) in [6.07, 6.45) is 0.783. The number of methoxy groups -OCH3 is 1. The molecule has 0 spiro atoms. The van der Waals surface area contributed by atoms with E-state index in [1.54, 1.807) is 19.1 Å². The van der Waals surface area contributed by atoms with Gasteiger partial charge in [0.15, 0.2) is 9.84 Å². The Bertz CT molecular complexity index is 639. The highest BCUT2D eigenvalue weighted by molar-refractivity contribution is 7.91. The minimum Gasteiger partial charge on any atom is -0.496 e. The Morgan fingerprint density at radius 2 is 2.14 bits per heavy atom. The van der Waals surface area contributed by atoms with Gasteiger partial charge in [-0.2, -0.15) is 0 Å². The molecule has 0 radical (unpaired) electrons. The Labute approximate surface area is 125 Å². The maximum absolute atomic E-state index is 12.3. The summed E-state index contributed by atoms with van der Waals surface area (Å²) in [5.74, 6) is 0.939. The van der Waals surface area contributed by atoms with Crippen LogP contribution in [-0.4, -0.2) is 50.9 Å². The lowest BCUT2D eigenvalue weighted by molar-refractivity contribution is -0.130. The van der Waals surface area contributed by atoms with E-state index in [2.05, 4.69) is 0 Å². The van der Waals surface area contributed by atoms with Gasteiger partial charge in [-0.1, -0.05) is 12.1 Å². The third kappa shape index (κ3) is 3.75. The van der Waals surface area contributed by atoms with Crippen LogP contribution in [0.5, 0.6) is 5.75 Å². The average Bonchev–Trinajstić information content (AvgIpc) is 2.80.